The lowest BCUT2D eigenvalue weighted by atomic mass is 9.80. The SMILES string of the molecule is CC(C)c1nn(C)cc1NC(=O)NCC1(O)CCC1. The molecule has 0 unspecified atom stereocenters. The smallest absolute Gasteiger partial charge is 0.319 e. The van der Waals surface area contributed by atoms with Crippen LogP contribution in [0, 0.1) is 0 Å². The van der Waals surface area contributed by atoms with Gasteiger partial charge < -0.3 is 15.7 Å². The second-order valence-electron chi connectivity index (χ2n) is 5.64. The monoisotopic (exact) mass is 266 g/mol. The summed E-state index contributed by atoms with van der Waals surface area (Å²) in [5.74, 6) is 0.243. The van der Waals surface area contributed by atoms with Crippen LogP contribution in [0.4, 0.5) is 10.5 Å². The predicted octanol–water partition coefficient (Wildman–Crippen LogP) is 1.58. The average Bonchev–Trinajstić information content (AvgIpc) is 2.65. The molecule has 1 fully saturated rings. The largest absolute Gasteiger partial charge is 0.388 e. The van der Waals surface area contributed by atoms with Crippen LogP contribution in [0.1, 0.15) is 44.7 Å². The van der Waals surface area contributed by atoms with Crippen molar-refractivity contribution >= 4 is 11.7 Å². The summed E-state index contributed by atoms with van der Waals surface area (Å²) < 4.78 is 1.68. The molecule has 1 saturated carbocycles. The molecule has 1 aromatic heterocycles. The lowest BCUT2D eigenvalue weighted by molar-refractivity contribution is -0.0287. The molecule has 6 heteroatoms. The van der Waals surface area contributed by atoms with Crippen molar-refractivity contribution in [3.63, 3.8) is 0 Å². The van der Waals surface area contributed by atoms with Gasteiger partial charge in [0.25, 0.3) is 0 Å². The third kappa shape index (κ3) is 3.26. The van der Waals surface area contributed by atoms with Gasteiger partial charge in [-0.3, -0.25) is 4.68 Å². The molecule has 0 spiro atoms. The second kappa shape index (κ2) is 5.21. The molecule has 2 rings (SSSR count). The molecular formula is C13H22N4O2. The number of nitrogens with zero attached hydrogens (tertiary/aromatic N) is 2. The zero-order valence-electron chi connectivity index (χ0n) is 11.7. The van der Waals surface area contributed by atoms with Crippen LogP contribution in [0.5, 0.6) is 0 Å². The lowest BCUT2D eigenvalue weighted by Gasteiger charge is -2.36. The molecule has 0 aromatic carbocycles. The first kappa shape index (κ1) is 13.9. The number of hydrogen-bond acceptors (Lipinski definition) is 3. The quantitative estimate of drug-likeness (QED) is 0.774. The Hall–Kier alpha value is -1.56. The number of aromatic nitrogens is 2. The highest BCUT2D eigenvalue weighted by Crippen LogP contribution is 2.30. The Balaban J connectivity index is 1.91. The second-order valence-corrected chi connectivity index (χ2v) is 5.64. The number of carbonyl (C=O) groups is 1. The summed E-state index contributed by atoms with van der Waals surface area (Å²) in [4.78, 5) is 11.8. The highest BCUT2D eigenvalue weighted by Gasteiger charge is 2.34. The summed E-state index contributed by atoms with van der Waals surface area (Å²) in [7, 11) is 1.83. The summed E-state index contributed by atoms with van der Waals surface area (Å²) in [6.45, 7) is 4.36. The highest BCUT2D eigenvalue weighted by atomic mass is 16.3. The fourth-order valence-electron chi connectivity index (χ4n) is 2.20. The third-order valence-corrected chi connectivity index (χ3v) is 3.51. The van der Waals surface area contributed by atoms with E-state index in [-0.39, 0.29) is 11.9 Å². The lowest BCUT2D eigenvalue weighted by Crippen LogP contribution is -2.48. The van der Waals surface area contributed by atoms with Crippen LogP contribution >= 0.6 is 0 Å². The van der Waals surface area contributed by atoms with Gasteiger partial charge in [0.15, 0.2) is 0 Å². The van der Waals surface area contributed by atoms with E-state index in [0.717, 1.165) is 30.6 Å². The number of urea groups is 1. The molecule has 0 radical (unpaired) electrons. The summed E-state index contributed by atoms with van der Waals surface area (Å²) in [5, 5.41) is 19.7. The first-order chi connectivity index (χ1) is 8.89. The Morgan fingerprint density at radius 1 is 1.58 bits per heavy atom. The molecule has 19 heavy (non-hydrogen) atoms. The third-order valence-electron chi connectivity index (χ3n) is 3.51. The maximum atomic E-state index is 11.8. The number of amides is 2. The van der Waals surface area contributed by atoms with E-state index in [2.05, 4.69) is 15.7 Å². The Kier molecular flexibility index (Phi) is 3.80. The van der Waals surface area contributed by atoms with E-state index in [0.29, 0.717) is 6.54 Å². The van der Waals surface area contributed by atoms with Gasteiger partial charge in [-0.2, -0.15) is 5.10 Å². The van der Waals surface area contributed by atoms with Crippen molar-refractivity contribution in [2.24, 2.45) is 7.05 Å². The Morgan fingerprint density at radius 3 is 2.79 bits per heavy atom. The molecule has 0 saturated heterocycles. The van der Waals surface area contributed by atoms with Crippen molar-refractivity contribution in [3.8, 4) is 0 Å². The summed E-state index contributed by atoms with van der Waals surface area (Å²) >= 11 is 0. The molecule has 6 nitrogen and oxygen atoms in total. The Labute approximate surface area is 113 Å². The normalized spacial score (nSPS) is 17.1. The Bertz CT molecular complexity index is 463. The van der Waals surface area contributed by atoms with Crippen LogP contribution in [-0.4, -0.2) is 33.1 Å². The van der Waals surface area contributed by atoms with Crippen molar-refractivity contribution in [2.45, 2.75) is 44.6 Å². The number of aryl methyl sites for hydroxylation is 1. The van der Waals surface area contributed by atoms with Crippen LogP contribution in [-0.2, 0) is 7.05 Å². The minimum atomic E-state index is -0.701. The van der Waals surface area contributed by atoms with E-state index in [9.17, 15) is 9.90 Å². The van der Waals surface area contributed by atoms with Crippen molar-refractivity contribution in [2.75, 3.05) is 11.9 Å². The van der Waals surface area contributed by atoms with E-state index >= 15 is 0 Å². The summed E-state index contributed by atoms with van der Waals surface area (Å²) in [6, 6.07) is -0.296. The van der Waals surface area contributed by atoms with Gasteiger partial charge in [-0.1, -0.05) is 13.8 Å². The predicted molar refractivity (Wildman–Crippen MR) is 73.1 cm³/mol. The van der Waals surface area contributed by atoms with Gasteiger partial charge in [-0.05, 0) is 25.2 Å². The number of aliphatic hydroxyl groups is 1. The number of hydrogen-bond donors (Lipinski definition) is 3. The van der Waals surface area contributed by atoms with Crippen molar-refractivity contribution in [3.05, 3.63) is 11.9 Å². The van der Waals surface area contributed by atoms with E-state index in [1.54, 1.807) is 10.9 Å². The number of rotatable bonds is 4. The van der Waals surface area contributed by atoms with Crippen LogP contribution in [0.15, 0.2) is 6.20 Å². The van der Waals surface area contributed by atoms with Crippen molar-refractivity contribution < 1.29 is 9.90 Å². The molecular weight excluding hydrogens is 244 g/mol. The fraction of sp³-hybridized carbons (Fsp3) is 0.692. The molecule has 0 aliphatic heterocycles. The van der Waals surface area contributed by atoms with E-state index in [4.69, 9.17) is 0 Å². The molecule has 2 amide bonds. The summed E-state index contributed by atoms with van der Waals surface area (Å²) in [5.41, 5.74) is 0.878. The van der Waals surface area contributed by atoms with Crippen LogP contribution in [0.2, 0.25) is 0 Å². The molecule has 1 aromatic rings. The Morgan fingerprint density at radius 2 is 2.26 bits per heavy atom. The molecule has 1 heterocycles. The number of carbonyl (C=O) groups excluding carboxylic acids is 1. The van der Waals surface area contributed by atoms with Crippen molar-refractivity contribution in [1.82, 2.24) is 15.1 Å². The topological polar surface area (TPSA) is 79.2 Å². The maximum absolute atomic E-state index is 11.8. The molecule has 1 aliphatic carbocycles. The zero-order chi connectivity index (χ0) is 14.0. The average molecular weight is 266 g/mol. The molecule has 0 bridgehead atoms. The van der Waals surface area contributed by atoms with Gasteiger partial charge in [0.05, 0.1) is 17.0 Å². The fourth-order valence-corrected chi connectivity index (χ4v) is 2.20. The van der Waals surface area contributed by atoms with Gasteiger partial charge in [0.1, 0.15) is 0 Å². The first-order valence-corrected chi connectivity index (χ1v) is 6.70. The van der Waals surface area contributed by atoms with E-state index in [1.807, 2.05) is 20.9 Å². The van der Waals surface area contributed by atoms with Gasteiger partial charge in [-0.15, -0.1) is 0 Å². The molecule has 106 valence electrons. The van der Waals surface area contributed by atoms with Crippen LogP contribution in [0.25, 0.3) is 0 Å². The maximum Gasteiger partial charge on any atom is 0.319 e. The molecule has 1 aliphatic rings. The van der Waals surface area contributed by atoms with Crippen LogP contribution < -0.4 is 10.6 Å². The van der Waals surface area contributed by atoms with Crippen LogP contribution in [0.3, 0.4) is 0 Å². The minimum absolute atomic E-state index is 0.243. The van der Waals surface area contributed by atoms with E-state index < -0.39 is 5.60 Å². The minimum Gasteiger partial charge on any atom is -0.388 e. The standard InChI is InChI=1S/C13H22N4O2/c1-9(2)11-10(7-17(3)16-11)15-12(18)14-8-13(19)5-4-6-13/h7,9,19H,4-6,8H2,1-3H3,(H2,14,15,18). The number of nitrogens with one attached hydrogen (secondary N) is 2. The van der Waals surface area contributed by atoms with Crippen molar-refractivity contribution in [1.29, 1.82) is 0 Å². The molecule has 0 atom stereocenters. The van der Waals surface area contributed by atoms with Gasteiger partial charge >= 0.3 is 6.03 Å². The first-order valence-electron chi connectivity index (χ1n) is 6.70. The molecule has 3 N–H and O–H groups in total. The zero-order valence-corrected chi connectivity index (χ0v) is 11.7. The van der Waals surface area contributed by atoms with Gasteiger partial charge in [0.2, 0.25) is 0 Å². The summed E-state index contributed by atoms with van der Waals surface area (Å²) in [6.07, 6.45) is 4.34. The highest BCUT2D eigenvalue weighted by molar-refractivity contribution is 5.89. The number of anilines is 1. The van der Waals surface area contributed by atoms with E-state index in [1.165, 1.54) is 0 Å². The van der Waals surface area contributed by atoms with Gasteiger partial charge in [0, 0.05) is 19.8 Å². The van der Waals surface area contributed by atoms with Gasteiger partial charge in [-0.25, -0.2) is 4.79 Å².